The Morgan fingerprint density at radius 1 is 1.32 bits per heavy atom. The maximum Gasteiger partial charge on any atom is 0.232 e. The smallest absolute Gasteiger partial charge is 0.232 e. The molecule has 5 nitrogen and oxygen atoms in total. The van der Waals surface area contributed by atoms with Crippen molar-refractivity contribution in [3.8, 4) is 0 Å². The molecule has 2 aromatic heterocycles. The van der Waals surface area contributed by atoms with E-state index in [0.29, 0.717) is 24.0 Å². The third kappa shape index (κ3) is 6.19. The number of aromatic nitrogens is 3. The summed E-state index contributed by atoms with van der Waals surface area (Å²) in [5.74, 6) is 0.509. The second-order valence-corrected chi connectivity index (χ2v) is 6.57. The van der Waals surface area contributed by atoms with E-state index in [9.17, 15) is 4.79 Å². The Balaban J connectivity index is 0.00000242. The molecule has 7 heteroatoms. The SMILES string of the molecule is Cc1cc[n+](CCC(=O)Nc2nnc(CC(C)C)s2)cc1.[Br-]. The minimum atomic E-state index is -0.0321. The van der Waals surface area contributed by atoms with Crippen LogP contribution in [0.3, 0.4) is 0 Å². The molecular formula is C15H21BrN4OS. The van der Waals surface area contributed by atoms with Gasteiger partial charge in [0.05, 0.1) is 6.42 Å². The molecule has 0 unspecified atom stereocenters. The third-order valence-corrected chi connectivity index (χ3v) is 3.81. The fourth-order valence-electron chi connectivity index (χ4n) is 1.83. The molecule has 0 aromatic carbocycles. The summed E-state index contributed by atoms with van der Waals surface area (Å²) in [6.45, 7) is 6.97. The minimum absolute atomic E-state index is 0. The van der Waals surface area contributed by atoms with E-state index >= 15 is 0 Å². The van der Waals surface area contributed by atoms with Gasteiger partial charge in [-0.25, -0.2) is 4.57 Å². The number of nitrogens with zero attached hydrogens (tertiary/aromatic N) is 3. The monoisotopic (exact) mass is 384 g/mol. The summed E-state index contributed by atoms with van der Waals surface area (Å²) in [6, 6.07) is 4.06. The Morgan fingerprint density at radius 3 is 2.64 bits per heavy atom. The van der Waals surface area contributed by atoms with Crippen LogP contribution in [0.15, 0.2) is 24.5 Å². The van der Waals surface area contributed by atoms with Gasteiger partial charge in [0.25, 0.3) is 0 Å². The van der Waals surface area contributed by atoms with E-state index in [0.717, 1.165) is 11.4 Å². The molecule has 0 spiro atoms. The lowest BCUT2D eigenvalue weighted by Crippen LogP contribution is -3.00. The first-order valence-corrected chi connectivity index (χ1v) is 7.92. The van der Waals surface area contributed by atoms with Gasteiger partial charge in [-0.05, 0) is 18.4 Å². The van der Waals surface area contributed by atoms with Crippen LogP contribution in [-0.2, 0) is 17.8 Å². The highest BCUT2D eigenvalue weighted by atomic mass is 79.9. The zero-order chi connectivity index (χ0) is 15.2. The molecule has 0 atom stereocenters. The molecule has 0 aliphatic carbocycles. The van der Waals surface area contributed by atoms with Crippen molar-refractivity contribution in [3.05, 3.63) is 35.1 Å². The van der Waals surface area contributed by atoms with Crippen LogP contribution in [0.2, 0.25) is 0 Å². The van der Waals surface area contributed by atoms with Crippen LogP contribution in [0.25, 0.3) is 0 Å². The van der Waals surface area contributed by atoms with Crippen molar-refractivity contribution in [1.29, 1.82) is 0 Å². The average Bonchev–Trinajstić information content (AvgIpc) is 2.84. The summed E-state index contributed by atoms with van der Waals surface area (Å²) < 4.78 is 2.00. The maximum atomic E-state index is 11.9. The second kappa shape index (κ2) is 8.95. The normalized spacial score (nSPS) is 10.4. The van der Waals surface area contributed by atoms with Gasteiger partial charge < -0.3 is 22.3 Å². The number of halogens is 1. The Hall–Kier alpha value is -1.34. The molecule has 1 N–H and O–H groups in total. The molecule has 120 valence electrons. The predicted octanol–water partition coefficient (Wildman–Crippen LogP) is -0.635. The molecule has 22 heavy (non-hydrogen) atoms. The molecule has 0 fully saturated rings. The molecule has 0 aliphatic rings. The highest BCUT2D eigenvalue weighted by Crippen LogP contribution is 2.18. The van der Waals surface area contributed by atoms with E-state index in [1.807, 2.05) is 36.0 Å². The number of pyridine rings is 1. The van der Waals surface area contributed by atoms with Crippen molar-refractivity contribution >= 4 is 22.4 Å². The molecule has 2 rings (SSSR count). The molecule has 1 amide bonds. The number of nitrogens with one attached hydrogen (secondary N) is 1. The van der Waals surface area contributed by atoms with Crippen LogP contribution in [0.1, 0.15) is 30.8 Å². The Bertz CT molecular complexity index is 598. The van der Waals surface area contributed by atoms with Crippen LogP contribution in [0, 0.1) is 12.8 Å². The van der Waals surface area contributed by atoms with Gasteiger partial charge in [0.2, 0.25) is 11.0 Å². The highest BCUT2D eigenvalue weighted by molar-refractivity contribution is 7.15. The molecule has 0 saturated heterocycles. The van der Waals surface area contributed by atoms with Gasteiger partial charge >= 0.3 is 0 Å². The number of amides is 1. The molecule has 0 bridgehead atoms. The predicted molar refractivity (Wildman–Crippen MR) is 83.1 cm³/mol. The molecule has 2 heterocycles. The standard InChI is InChI=1S/C15H20N4OS.BrH/c1-11(2)10-14-17-18-15(21-14)16-13(20)6-9-19-7-4-12(3)5-8-19;/h4-5,7-8,11H,6,9-10H2,1-3H3;1H. The summed E-state index contributed by atoms with van der Waals surface area (Å²) in [5.41, 5.74) is 1.21. The van der Waals surface area contributed by atoms with Crippen LogP contribution in [0.5, 0.6) is 0 Å². The Labute approximate surface area is 145 Å². The number of carbonyl (C=O) groups excluding carboxylic acids is 1. The summed E-state index contributed by atoms with van der Waals surface area (Å²) in [4.78, 5) is 11.9. The first kappa shape index (κ1) is 18.7. The number of hydrogen-bond donors (Lipinski definition) is 1. The van der Waals surface area contributed by atoms with Gasteiger partial charge in [0.15, 0.2) is 18.9 Å². The van der Waals surface area contributed by atoms with Crippen molar-refractivity contribution in [2.24, 2.45) is 5.92 Å². The van der Waals surface area contributed by atoms with Gasteiger partial charge in [-0.2, -0.15) is 0 Å². The fourth-order valence-corrected chi connectivity index (χ4v) is 2.80. The zero-order valence-electron chi connectivity index (χ0n) is 13.0. The Morgan fingerprint density at radius 2 is 2.00 bits per heavy atom. The van der Waals surface area contributed by atoms with Crippen LogP contribution in [0.4, 0.5) is 5.13 Å². The van der Waals surface area contributed by atoms with Gasteiger partial charge in [0, 0.05) is 18.6 Å². The number of rotatable bonds is 6. The lowest BCUT2D eigenvalue weighted by atomic mass is 10.1. The number of anilines is 1. The minimum Gasteiger partial charge on any atom is -1.00 e. The molecular weight excluding hydrogens is 364 g/mol. The van der Waals surface area contributed by atoms with Crippen molar-refractivity contribution < 1.29 is 26.3 Å². The van der Waals surface area contributed by atoms with E-state index in [-0.39, 0.29) is 22.9 Å². The van der Waals surface area contributed by atoms with E-state index < -0.39 is 0 Å². The van der Waals surface area contributed by atoms with Crippen LogP contribution >= 0.6 is 11.3 Å². The topological polar surface area (TPSA) is 58.8 Å². The van der Waals surface area contributed by atoms with E-state index in [1.165, 1.54) is 16.9 Å². The van der Waals surface area contributed by atoms with Crippen molar-refractivity contribution in [2.75, 3.05) is 5.32 Å². The van der Waals surface area contributed by atoms with Crippen molar-refractivity contribution in [3.63, 3.8) is 0 Å². The lowest BCUT2D eigenvalue weighted by molar-refractivity contribution is -0.695. The van der Waals surface area contributed by atoms with Gasteiger partial charge in [0.1, 0.15) is 5.01 Å². The largest absolute Gasteiger partial charge is 1.00 e. The van der Waals surface area contributed by atoms with E-state index in [2.05, 4.69) is 29.4 Å². The number of aryl methyl sites for hydroxylation is 2. The van der Waals surface area contributed by atoms with Gasteiger partial charge in [-0.3, -0.25) is 4.79 Å². The van der Waals surface area contributed by atoms with Crippen LogP contribution < -0.4 is 26.9 Å². The molecule has 2 aromatic rings. The molecule has 0 aliphatic heterocycles. The summed E-state index contributed by atoms with van der Waals surface area (Å²) >= 11 is 1.45. The third-order valence-electron chi connectivity index (χ3n) is 2.95. The zero-order valence-corrected chi connectivity index (χ0v) is 15.4. The average molecular weight is 385 g/mol. The van der Waals surface area contributed by atoms with Crippen molar-refractivity contribution in [1.82, 2.24) is 10.2 Å². The Kier molecular flexibility index (Phi) is 7.61. The first-order chi connectivity index (χ1) is 10.0. The molecule has 0 saturated carbocycles. The quantitative estimate of drug-likeness (QED) is 0.674. The lowest BCUT2D eigenvalue weighted by Gasteiger charge is -1.99. The van der Waals surface area contributed by atoms with E-state index in [1.54, 1.807) is 0 Å². The van der Waals surface area contributed by atoms with Gasteiger partial charge in [-0.1, -0.05) is 25.2 Å². The highest BCUT2D eigenvalue weighted by Gasteiger charge is 2.11. The summed E-state index contributed by atoms with van der Waals surface area (Å²) in [6.07, 6.45) is 5.28. The van der Waals surface area contributed by atoms with E-state index in [4.69, 9.17) is 0 Å². The second-order valence-electron chi connectivity index (χ2n) is 5.51. The number of hydrogen-bond acceptors (Lipinski definition) is 4. The maximum absolute atomic E-state index is 11.9. The van der Waals surface area contributed by atoms with Crippen molar-refractivity contribution in [2.45, 2.75) is 40.2 Å². The summed E-state index contributed by atoms with van der Waals surface area (Å²) in [5, 5.41) is 12.5. The molecule has 0 radical (unpaired) electrons. The van der Waals surface area contributed by atoms with Crippen LogP contribution in [-0.4, -0.2) is 16.1 Å². The van der Waals surface area contributed by atoms with Gasteiger partial charge in [-0.15, -0.1) is 10.2 Å². The summed E-state index contributed by atoms with van der Waals surface area (Å²) in [7, 11) is 0. The number of carbonyl (C=O) groups is 1. The first-order valence-electron chi connectivity index (χ1n) is 7.11. The fraction of sp³-hybridized carbons (Fsp3) is 0.467.